The molecule has 0 aromatic heterocycles. The Morgan fingerprint density at radius 1 is 0.840 bits per heavy atom. The van der Waals surface area contributed by atoms with Crippen molar-refractivity contribution in [1.82, 2.24) is 0 Å². The van der Waals surface area contributed by atoms with Crippen LogP contribution in [0.25, 0.3) is 0 Å². The first-order valence-corrected chi connectivity index (χ1v) is 8.08. The minimum Gasteiger partial charge on any atom is -0.497 e. The molecule has 0 aliphatic rings. The van der Waals surface area contributed by atoms with Crippen LogP contribution in [0.15, 0.2) is 78.9 Å². The Hall–Kier alpha value is -3.27. The fourth-order valence-electron chi connectivity index (χ4n) is 2.42. The zero-order valence-corrected chi connectivity index (χ0v) is 14.0. The number of rotatable bonds is 6. The summed E-state index contributed by atoms with van der Waals surface area (Å²) in [5.41, 5.74) is 3.57. The number of methoxy groups -OCH3 is 1. The van der Waals surface area contributed by atoms with Gasteiger partial charge in [0.15, 0.2) is 0 Å². The Bertz CT molecular complexity index is 813. The molecule has 0 fully saturated rings. The van der Waals surface area contributed by atoms with E-state index in [0.717, 1.165) is 23.7 Å². The maximum absolute atomic E-state index is 12.2. The van der Waals surface area contributed by atoms with Gasteiger partial charge in [0.1, 0.15) is 5.75 Å². The van der Waals surface area contributed by atoms with E-state index < -0.39 is 0 Å². The van der Waals surface area contributed by atoms with E-state index in [9.17, 15) is 4.79 Å². The van der Waals surface area contributed by atoms with Gasteiger partial charge in [-0.15, -0.1) is 0 Å². The smallest absolute Gasteiger partial charge is 0.255 e. The summed E-state index contributed by atoms with van der Waals surface area (Å²) in [7, 11) is 1.60. The average Bonchev–Trinajstić information content (AvgIpc) is 2.68. The zero-order valence-electron chi connectivity index (χ0n) is 14.0. The van der Waals surface area contributed by atoms with Crippen molar-refractivity contribution in [3.63, 3.8) is 0 Å². The summed E-state index contributed by atoms with van der Waals surface area (Å²) in [5, 5.41) is 6.25. The second kappa shape index (κ2) is 8.02. The predicted octanol–water partition coefficient (Wildman–Crippen LogP) is 4.56. The van der Waals surface area contributed by atoms with Crippen LogP contribution >= 0.6 is 0 Å². The Balaban J connectivity index is 1.57. The van der Waals surface area contributed by atoms with E-state index in [1.165, 1.54) is 5.56 Å². The van der Waals surface area contributed by atoms with Crippen LogP contribution < -0.4 is 15.4 Å². The highest BCUT2D eigenvalue weighted by Crippen LogP contribution is 2.17. The third kappa shape index (κ3) is 4.61. The molecular weight excluding hydrogens is 312 g/mol. The highest BCUT2D eigenvalue weighted by molar-refractivity contribution is 6.04. The van der Waals surface area contributed by atoms with E-state index in [-0.39, 0.29) is 5.91 Å². The molecule has 3 aromatic carbocycles. The second-order valence-electron chi connectivity index (χ2n) is 5.60. The van der Waals surface area contributed by atoms with Crippen LogP contribution in [0.5, 0.6) is 5.75 Å². The van der Waals surface area contributed by atoms with Gasteiger partial charge in [0.25, 0.3) is 5.91 Å². The van der Waals surface area contributed by atoms with E-state index in [1.807, 2.05) is 42.5 Å². The lowest BCUT2D eigenvalue weighted by Crippen LogP contribution is -2.11. The van der Waals surface area contributed by atoms with Crippen molar-refractivity contribution in [2.45, 2.75) is 6.54 Å². The minimum atomic E-state index is -0.146. The molecule has 0 saturated carbocycles. The summed E-state index contributed by atoms with van der Waals surface area (Å²) >= 11 is 0. The van der Waals surface area contributed by atoms with Crippen LogP contribution in [0.3, 0.4) is 0 Å². The molecule has 0 radical (unpaired) electrons. The molecule has 0 saturated heterocycles. The predicted molar refractivity (Wildman–Crippen MR) is 101 cm³/mol. The lowest BCUT2D eigenvalue weighted by Gasteiger charge is -2.09. The van der Waals surface area contributed by atoms with Gasteiger partial charge in [-0.25, -0.2) is 0 Å². The van der Waals surface area contributed by atoms with Crippen molar-refractivity contribution in [3.8, 4) is 5.75 Å². The molecule has 4 heteroatoms. The number of nitrogens with one attached hydrogen (secondary N) is 2. The number of carbonyl (C=O) groups is 1. The Labute approximate surface area is 147 Å². The largest absolute Gasteiger partial charge is 0.497 e. The Morgan fingerprint density at radius 2 is 1.48 bits per heavy atom. The van der Waals surface area contributed by atoms with E-state index in [0.29, 0.717) is 5.56 Å². The summed E-state index contributed by atoms with van der Waals surface area (Å²) in [6.45, 7) is 0.762. The molecule has 0 bridgehead atoms. The summed E-state index contributed by atoms with van der Waals surface area (Å²) in [5.74, 6) is 0.582. The van der Waals surface area contributed by atoms with Crippen LogP contribution in [0.1, 0.15) is 15.9 Å². The van der Waals surface area contributed by atoms with Gasteiger partial charge in [0.05, 0.1) is 7.11 Å². The fourth-order valence-corrected chi connectivity index (χ4v) is 2.42. The van der Waals surface area contributed by atoms with Gasteiger partial charge in [-0.05, 0) is 54.1 Å². The van der Waals surface area contributed by atoms with Crippen LogP contribution in [-0.2, 0) is 6.54 Å². The van der Waals surface area contributed by atoms with Gasteiger partial charge in [-0.3, -0.25) is 4.79 Å². The molecule has 0 aliphatic carbocycles. The number of ether oxygens (including phenoxy) is 1. The maximum Gasteiger partial charge on any atom is 0.255 e. The molecule has 0 spiro atoms. The van der Waals surface area contributed by atoms with Crippen molar-refractivity contribution in [2.24, 2.45) is 0 Å². The first kappa shape index (κ1) is 16.6. The van der Waals surface area contributed by atoms with Crippen molar-refractivity contribution < 1.29 is 9.53 Å². The van der Waals surface area contributed by atoms with Gasteiger partial charge in [-0.2, -0.15) is 0 Å². The molecule has 1 amide bonds. The van der Waals surface area contributed by atoms with Crippen LogP contribution in [0, 0.1) is 0 Å². The van der Waals surface area contributed by atoms with E-state index in [2.05, 4.69) is 22.8 Å². The van der Waals surface area contributed by atoms with Crippen molar-refractivity contribution in [2.75, 3.05) is 17.7 Å². The van der Waals surface area contributed by atoms with Crippen LogP contribution in [0.2, 0.25) is 0 Å². The number of hydrogen-bond acceptors (Lipinski definition) is 3. The monoisotopic (exact) mass is 332 g/mol. The molecule has 0 unspecified atom stereocenters. The quantitative estimate of drug-likeness (QED) is 0.696. The first-order chi connectivity index (χ1) is 12.2. The standard InChI is InChI=1S/C21H20N2O2/c1-25-20-13-7-17(8-14-20)21(24)23-19-11-9-18(10-12-19)22-15-16-5-3-2-4-6-16/h2-14,22H,15H2,1H3,(H,23,24). The first-order valence-electron chi connectivity index (χ1n) is 8.08. The third-order valence-corrected chi connectivity index (χ3v) is 3.83. The number of carbonyl (C=O) groups excluding carboxylic acids is 1. The second-order valence-corrected chi connectivity index (χ2v) is 5.60. The summed E-state index contributed by atoms with van der Waals surface area (Å²) in [6, 6.07) is 24.9. The molecule has 2 N–H and O–H groups in total. The summed E-state index contributed by atoms with van der Waals surface area (Å²) in [4.78, 5) is 12.2. The molecule has 3 rings (SSSR count). The molecule has 0 aliphatic heterocycles. The zero-order chi connectivity index (χ0) is 17.5. The van der Waals surface area contributed by atoms with Gasteiger partial charge < -0.3 is 15.4 Å². The number of amides is 1. The minimum absolute atomic E-state index is 0.146. The normalized spacial score (nSPS) is 10.1. The number of hydrogen-bond donors (Lipinski definition) is 2. The lowest BCUT2D eigenvalue weighted by molar-refractivity contribution is 0.102. The highest BCUT2D eigenvalue weighted by atomic mass is 16.5. The lowest BCUT2D eigenvalue weighted by atomic mass is 10.2. The Kier molecular flexibility index (Phi) is 5.32. The van der Waals surface area contributed by atoms with Crippen molar-refractivity contribution >= 4 is 17.3 Å². The Morgan fingerprint density at radius 3 is 2.12 bits per heavy atom. The molecule has 3 aromatic rings. The van der Waals surface area contributed by atoms with Gasteiger partial charge >= 0.3 is 0 Å². The van der Waals surface area contributed by atoms with Crippen LogP contribution in [-0.4, -0.2) is 13.0 Å². The van der Waals surface area contributed by atoms with E-state index in [4.69, 9.17) is 4.74 Å². The fraction of sp³-hybridized carbons (Fsp3) is 0.0952. The van der Waals surface area contributed by atoms with Crippen LogP contribution in [0.4, 0.5) is 11.4 Å². The number of benzene rings is 3. The molecule has 25 heavy (non-hydrogen) atoms. The molecule has 126 valence electrons. The summed E-state index contributed by atoms with van der Waals surface area (Å²) < 4.78 is 5.10. The summed E-state index contributed by atoms with van der Waals surface area (Å²) in [6.07, 6.45) is 0. The van der Waals surface area contributed by atoms with Crippen molar-refractivity contribution in [1.29, 1.82) is 0 Å². The molecular formula is C21H20N2O2. The molecule has 4 nitrogen and oxygen atoms in total. The number of anilines is 2. The van der Waals surface area contributed by atoms with Crippen molar-refractivity contribution in [3.05, 3.63) is 90.0 Å². The maximum atomic E-state index is 12.2. The van der Waals surface area contributed by atoms with Gasteiger partial charge in [0.2, 0.25) is 0 Å². The van der Waals surface area contributed by atoms with Gasteiger partial charge in [-0.1, -0.05) is 30.3 Å². The van der Waals surface area contributed by atoms with Gasteiger partial charge in [0, 0.05) is 23.5 Å². The SMILES string of the molecule is COc1ccc(C(=O)Nc2ccc(NCc3ccccc3)cc2)cc1. The van der Waals surface area contributed by atoms with E-state index in [1.54, 1.807) is 31.4 Å². The molecule has 0 atom stereocenters. The third-order valence-electron chi connectivity index (χ3n) is 3.83. The average molecular weight is 332 g/mol. The molecule has 0 heterocycles. The van der Waals surface area contributed by atoms with E-state index >= 15 is 0 Å². The topological polar surface area (TPSA) is 50.4 Å². The highest BCUT2D eigenvalue weighted by Gasteiger charge is 2.06.